The maximum absolute atomic E-state index is 14.0. The van der Waals surface area contributed by atoms with E-state index in [0.29, 0.717) is 13.0 Å². The number of benzene rings is 2. The third-order valence-electron chi connectivity index (χ3n) is 5.67. The lowest BCUT2D eigenvalue weighted by Crippen LogP contribution is -2.43. The maximum Gasteiger partial charge on any atom is 0.268 e. The van der Waals surface area contributed by atoms with Gasteiger partial charge in [0, 0.05) is 37.8 Å². The molecule has 0 N–H and O–H groups in total. The zero-order chi connectivity index (χ0) is 20.2. The number of hydrogen-bond donors (Lipinski definition) is 0. The average molecular weight is 398 g/mol. The number of hydrogen-bond acceptors (Lipinski definition) is 4. The molecular weight excluding hydrogens is 371 g/mol. The van der Waals surface area contributed by atoms with Crippen molar-refractivity contribution in [1.29, 1.82) is 0 Å². The first kappa shape index (κ1) is 19.9. The summed E-state index contributed by atoms with van der Waals surface area (Å²) in [5.74, 6) is -0.206. The number of ether oxygens (including phenoxy) is 2. The van der Waals surface area contributed by atoms with Gasteiger partial charge in [-0.2, -0.15) is 0 Å². The molecule has 1 fully saturated rings. The lowest BCUT2D eigenvalue weighted by Gasteiger charge is -2.29. The molecule has 29 heavy (non-hydrogen) atoms. The Labute approximate surface area is 171 Å². The molecule has 4 rings (SSSR count). The number of morpholine rings is 1. The van der Waals surface area contributed by atoms with Crippen LogP contribution in [0.4, 0.5) is 10.1 Å². The molecule has 0 radical (unpaired) electrons. The van der Waals surface area contributed by atoms with Crippen molar-refractivity contribution in [2.45, 2.75) is 25.4 Å². The second-order valence-corrected chi connectivity index (χ2v) is 7.56. The van der Waals surface area contributed by atoms with Crippen molar-refractivity contribution < 1.29 is 18.7 Å². The van der Waals surface area contributed by atoms with E-state index in [9.17, 15) is 9.18 Å². The van der Waals surface area contributed by atoms with Crippen molar-refractivity contribution in [2.24, 2.45) is 0 Å². The van der Waals surface area contributed by atoms with Crippen LogP contribution in [0.2, 0.25) is 0 Å². The minimum Gasteiger partial charge on any atom is -0.478 e. The Hall–Kier alpha value is -2.44. The molecule has 2 heterocycles. The van der Waals surface area contributed by atoms with E-state index in [1.54, 1.807) is 18.2 Å². The fourth-order valence-corrected chi connectivity index (χ4v) is 4.13. The van der Waals surface area contributed by atoms with Gasteiger partial charge in [0.2, 0.25) is 0 Å². The molecule has 5 nitrogen and oxygen atoms in total. The summed E-state index contributed by atoms with van der Waals surface area (Å²) in [6, 6.07) is 14.3. The summed E-state index contributed by atoms with van der Waals surface area (Å²) in [7, 11) is 0. The van der Waals surface area contributed by atoms with Crippen LogP contribution < -0.4 is 9.64 Å². The van der Waals surface area contributed by atoms with Gasteiger partial charge in [-0.25, -0.2) is 4.39 Å². The highest BCUT2D eigenvalue weighted by Crippen LogP contribution is 2.37. The van der Waals surface area contributed by atoms with Crippen LogP contribution in [-0.4, -0.2) is 56.3 Å². The number of rotatable bonds is 6. The topological polar surface area (TPSA) is 42.0 Å². The molecule has 0 unspecified atom stereocenters. The van der Waals surface area contributed by atoms with Crippen LogP contribution in [0, 0.1) is 5.82 Å². The fourth-order valence-electron chi connectivity index (χ4n) is 4.13. The van der Waals surface area contributed by atoms with Gasteiger partial charge in [0.15, 0.2) is 17.7 Å². The largest absolute Gasteiger partial charge is 0.478 e. The van der Waals surface area contributed by atoms with E-state index in [2.05, 4.69) is 11.0 Å². The molecule has 2 aliphatic heterocycles. The summed E-state index contributed by atoms with van der Waals surface area (Å²) in [6.07, 6.45) is -0.248. The summed E-state index contributed by atoms with van der Waals surface area (Å²) in [4.78, 5) is 17.5. The second-order valence-electron chi connectivity index (χ2n) is 7.56. The molecular formula is C23H27FN2O3. The first-order valence-corrected chi connectivity index (χ1v) is 10.3. The van der Waals surface area contributed by atoms with Gasteiger partial charge in [0.25, 0.3) is 5.91 Å². The lowest BCUT2D eigenvalue weighted by molar-refractivity contribution is -0.125. The Morgan fingerprint density at radius 3 is 2.66 bits per heavy atom. The Kier molecular flexibility index (Phi) is 6.11. The van der Waals surface area contributed by atoms with E-state index in [0.717, 1.165) is 38.5 Å². The minimum absolute atomic E-state index is 0.116. The predicted molar refractivity (Wildman–Crippen MR) is 110 cm³/mol. The monoisotopic (exact) mass is 398 g/mol. The van der Waals surface area contributed by atoms with Crippen molar-refractivity contribution in [3.8, 4) is 5.75 Å². The number of halogens is 1. The van der Waals surface area contributed by atoms with E-state index in [-0.39, 0.29) is 17.6 Å². The van der Waals surface area contributed by atoms with Gasteiger partial charge < -0.3 is 14.4 Å². The Bertz CT molecular complexity index is 854. The molecule has 0 spiro atoms. The molecule has 1 saturated heterocycles. The van der Waals surface area contributed by atoms with Crippen molar-refractivity contribution in [1.82, 2.24) is 4.90 Å². The number of fused-ring (bicyclic) bond motifs is 1. The number of carbonyl (C=O) groups is 1. The Morgan fingerprint density at radius 2 is 1.90 bits per heavy atom. The molecule has 0 bridgehead atoms. The van der Waals surface area contributed by atoms with Gasteiger partial charge in [-0.05, 0) is 30.2 Å². The second kappa shape index (κ2) is 8.93. The molecule has 2 aliphatic rings. The van der Waals surface area contributed by atoms with Crippen LogP contribution in [0.15, 0.2) is 48.5 Å². The molecule has 2 aromatic rings. The fraction of sp³-hybridized carbons (Fsp3) is 0.435. The number of para-hydroxylation sites is 2. The summed E-state index contributed by atoms with van der Waals surface area (Å²) in [5, 5.41) is 0. The summed E-state index contributed by atoms with van der Waals surface area (Å²) in [6.45, 7) is 6.75. The first-order valence-electron chi connectivity index (χ1n) is 10.3. The number of nitrogens with zero attached hydrogens (tertiary/aromatic N) is 2. The summed E-state index contributed by atoms with van der Waals surface area (Å²) in [5.41, 5.74) is 2.12. The molecule has 6 heteroatoms. The molecule has 0 saturated carbocycles. The molecule has 0 aliphatic carbocycles. The van der Waals surface area contributed by atoms with Crippen LogP contribution in [0.25, 0.3) is 0 Å². The van der Waals surface area contributed by atoms with Crippen LogP contribution in [0.1, 0.15) is 24.8 Å². The van der Waals surface area contributed by atoms with Crippen molar-refractivity contribution >= 4 is 11.6 Å². The Balaban J connectivity index is 1.52. The minimum atomic E-state index is -0.720. The van der Waals surface area contributed by atoms with Crippen LogP contribution >= 0.6 is 0 Å². The van der Waals surface area contributed by atoms with Crippen LogP contribution in [-0.2, 0) is 9.53 Å². The van der Waals surface area contributed by atoms with E-state index in [1.807, 2.05) is 30.0 Å². The molecule has 154 valence electrons. The highest BCUT2D eigenvalue weighted by molar-refractivity contribution is 5.99. The maximum atomic E-state index is 14.0. The van der Waals surface area contributed by atoms with Crippen molar-refractivity contribution in [3.05, 3.63) is 59.9 Å². The number of carbonyl (C=O) groups excluding carboxylic acids is 1. The predicted octanol–water partition coefficient (Wildman–Crippen LogP) is 3.45. The highest BCUT2D eigenvalue weighted by Gasteiger charge is 2.36. The highest BCUT2D eigenvalue weighted by atomic mass is 19.1. The van der Waals surface area contributed by atoms with E-state index >= 15 is 0 Å². The van der Waals surface area contributed by atoms with Gasteiger partial charge in [0.05, 0.1) is 13.2 Å². The number of anilines is 1. The normalized spacial score (nSPS) is 20.3. The van der Waals surface area contributed by atoms with Gasteiger partial charge in [-0.3, -0.25) is 9.69 Å². The summed E-state index contributed by atoms with van der Waals surface area (Å²) < 4.78 is 25.3. The zero-order valence-electron chi connectivity index (χ0n) is 16.7. The third kappa shape index (κ3) is 4.28. The number of amides is 1. The molecule has 2 aromatic carbocycles. The van der Waals surface area contributed by atoms with Gasteiger partial charge >= 0.3 is 0 Å². The van der Waals surface area contributed by atoms with Gasteiger partial charge in [-0.15, -0.1) is 0 Å². The van der Waals surface area contributed by atoms with Gasteiger partial charge in [0.1, 0.15) is 0 Å². The standard InChI is InChI=1S/C23H27FN2O3/c1-2-21(29-22-10-6-4-8-19(22)24)23(27)26-16-17(15-25-11-13-28-14-12-25)18-7-3-5-9-20(18)26/h3-10,17,21H,2,11-16H2,1H3/t17-,21-/m1/s1. The van der Waals surface area contributed by atoms with Crippen molar-refractivity contribution in [3.63, 3.8) is 0 Å². The van der Waals surface area contributed by atoms with Gasteiger partial charge in [-0.1, -0.05) is 37.3 Å². The first-order chi connectivity index (χ1) is 14.2. The Morgan fingerprint density at radius 1 is 1.17 bits per heavy atom. The molecule has 2 atom stereocenters. The lowest BCUT2D eigenvalue weighted by atomic mass is 10.0. The molecule has 1 amide bonds. The quantitative estimate of drug-likeness (QED) is 0.748. The van der Waals surface area contributed by atoms with E-state index in [4.69, 9.17) is 9.47 Å². The third-order valence-corrected chi connectivity index (χ3v) is 5.67. The summed E-state index contributed by atoms with van der Waals surface area (Å²) >= 11 is 0. The van der Waals surface area contributed by atoms with Crippen LogP contribution in [0.5, 0.6) is 5.75 Å². The average Bonchev–Trinajstić information content (AvgIpc) is 3.12. The SMILES string of the molecule is CC[C@@H](Oc1ccccc1F)C(=O)N1C[C@@H](CN2CCOCC2)c2ccccc21. The van der Waals surface area contributed by atoms with Crippen molar-refractivity contribution in [2.75, 3.05) is 44.3 Å². The zero-order valence-corrected chi connectivity index (χ0v) is 16.7. The van der Waals surface area contributed by atoms with E-state index < -0.39 is 11.9 Å². The van der Waals surface area contributed by atoms with Crippen LogP contribution in [0.3, 0.4) is 0 Å². The smallest absolute Gasteiger partial charge is 0.268 e. The molecule has 0 aromatic heterocycles. The van der Waals surface area contributed by atoms with E-state index in [1.165, 1.54) is 11.6 Å².